The summed E-state index contributed by atoms with van der Waals surface area (Å²) in [5.74, 6) is 0.187. The first-order chi connectivity index (χ1) is 7.63. The number of phenolic OH excluding ortho intramolecular Hbond substituents is 1. The van der Waals surface area contributed by atoms with Crippen LogP contribution in [0.3, 0.4) is 0 Å². The number of nitrogens with one attached hydrogen (secondary N) is 1. The second-order valence-corrected chi connectivity index (χ2v) is 3.64. The number of aromatic hydroxyl groups is 1. The van der Waals surface area contributed by atoms with Gasteiger partial charge in [0.15, 0.2) is 0 Å². The minimum Gasteiger partial charge on any atom is -0.508 e. The number of amides is 1. The molecule has 0 aliphatic carbocycles. The fraction of sp³-hybridized carbons (Fsp3) is 0.308. The quantitative estimate of drug-likeness (QED) is 0.764. The molecule has 1 rings (SSSR count). The zero-order valence-electron chi connectivity index (χ0n) is 9.66. The van der Waals surface area contributed by atoms with Crippen molar-refractivity contribution in [3.63, 3.8) is 0 Å². The maximum Gasteiger partial charge on any atom is 0.246 e. The second kappa shape index (κ2) is 5.95. The van der Waals surface area contributed by atoms with Crippen molar-refractivity contribution in [2.24, 2.45) is 0 Å². The van der Waals surface area contributed by atoms with E-state index in [0.29, 0.717) is 6.54 Å². The van der Waals surface area contributed by atoms with Crippen LogP contribution in [0.2, 0.25) is 0 Å². The Kier molecular flexibility index (Phi) is 4.58. The number of allylic oxidation sites excluding steroid dienone is 1. The van der Waals surface area contributed by atoms with Crippen molar-refractivity contribution in [1.82, 2.24) is 5.32 Å². The van der Waals surface area contributed by atoms with Crippen LogP contribution in [0.1, 0.15) is 25.8 Å². The van der Waals surface area contributed by atoms with Crippen LogP contribution < -0.4 is 5.32 Å². The molecule has 0 aromatic heterocycles. The molecule has 1 amide bonds. The molecule has 0 bridgehead atoms. The molecule has 0 fully saturated rings. The van der Waals surface area contributed by atoms with Gasteiger partial charge in [0.2, 0.25) is 5.91 Å². The Labute approximate surface area is 95.8 Å². The summed E-state index contributed by atoms with van der Waals surface area (Å²) in [6.45, 7) is 4.28. The molecular weight excluding hydrogens is 202 g/mol. The number of hydrogen-bond donors (Lipinski definition) is 2. The van der Waals surface area contributed by atoms with E-state index in [2.05, 4.69) is 5.32 Å². The molecule has 2 N–H and O–H groups in total. The van der Waals surface area contributed by atoms with Gasteiger partial charge in [-0.05, 0) is 31.0 Å². The highest BCUT2D eigenvalue weighted by Gasteiger charge is 2.02. The fourth-order valence-corrected chi connectivity index (χ4v) is 1.33. The van der Waals surface area contributed by atoms with E-state index < -0.39 is 0 Å². The van der Waals surface area contributed by atoms with Gasteiger partial charge >= 0.3 is 0 Å². The number of carbonyl (C=O) groups is 1. The average Bonchev–Trinajstić information content (AvgIpc) is 2.28. The lowest BCUT2D eigenvalue weighted by molar-refractivity contribution is -0.117. The summed E-state index contributed by atoms with van der Waals surface area (Å²) in [5.41, 5.74) is 1.71. The minimum absolute atomic E-state index is 0.0464. The molecule has 86 valence electrons. The molecule has 1 aromatic rings. The predicted molar refractivity (Wildman–Crippen MR) is 64.0 cm³/mol. The number of phenols is 1. The molecule has 1 aromatic carbocycles. The molecule has 0 atom stereocenters. The SMILES string of the molecule is CC/C=C(/C)C(=O)NCc1ccc(O)cc1. The summed E-state index contributed by atoms with van der Waals surface area (Å²) in [4.78, 5) is 11.5. The predicted octanol–water partition coefficient (Wildman–Crippen LogP) is 2.36. The summed E-state index contributed by atoms with van der Waals surface area (Å²) in [5, 5.41) is 11.9. The monoisotopic (exact) mass is 219 g/mol. The summed E-state index contributed by atoms with van der Waals surface area (Å²) in [6, 6.07) is 6.79. The van der Waals surface area contributed by atoms with Crippen LogP contribution in [0.25, 0.3) is 0 Å². The van der Waals surface area contributed by atoms with Crippen molar-refractivity contribution < 1.29 is 9.90 Å². The molecule has 3 heteroatoms. The molecule has 0 aliphatic rings. The topological polar surface area (TPSA) is 49.3 Å². The van der Waals surface area contributed by atoms with Gasteiger partial charge in [0.05, 0.1) is 0 Å². The minimum atomic E-state index is -0.0464. The summed E-state index contributed by atoms with van der Waals surface area (Å²) < 4.78 is 0. The molecule has 0 spiro atoms. The largest absolute Gasteiger partial charge is 0.508 e. The second-order valence-electron chi connectivity index (χ2n) is 3.64. The van der Waals surface area contributed by atoms with Crippen LogP contribution in [0.15, 0.2) is 35.9 Å². The third-order valence-electron chi connectivity index (χ3n) is 2.26. The highest BCUT2D eigenvalue weighted by Crippen LogP contribution is 2.09. The van der Waals surface area contributed by atoms with Crippen LogP contribution in [0.4, 0.5) is 0 Å². The van der Waals surface area contributed by atoms with Crippen LogP contribution >= 0.6 is 0 Å². The molecule has 3 nitrogen and oxygen atoms in total. The first-order valence-corrected chi connectivity index (χ1v) is 5.36. The van der Waals surface area contributed by atoms with E-state index in [-0.39, 0.29) is 11.7 Å². The van der Waals surface area contributed by atoms with Crippen molar-refractivity contribution in [2.45, 2.75) is 26.8 Å². The molecule has 0 saturated carbocycles. The van der Waals surface area contributed by atoms with Crippen molar-refractivity contribution in [1.29, 1.82) is 0 Å². The van der Waals surface area contributed by atoms with Gasteiger partial charge in [-0.3, -0.25) is 4.79 Å². The van der Waals surface area contributed by atoms with Gasteiger partial charge < -0.3 is 10.4 Å². The normalized spacial score (nSPS) is 11.2. The smallest absolute Gasteiger partial charge is 0.246 e. The van der Waals surface area contributed by atoms with Crippen LogP contribution in [0.5, 0.6) is 5.75 Å². The van der Waals surface area contributed by atoms with Crippen molar-refractivity contribution in [3.8, 4) is 5.75 Å². The third-order valence-corrected chi connectivity index (χ3v) is 2.26. The molecule has 0 saturated heterocycles. The van der Waals surface area contributed by atoms with E-state index in [1.807, 2.05) is 13.0 Å². The van der Waals surface area contributed by atoms with Crippen LogP contribution in [-0.4, -0.2) is 11.0 Å². The zero-order valence-corrected chi connectivity index (χ0v) is 9.66. The van der Waals surface area contributed by atoms with Gasteiger partial charge in [-0.2, -0.15) is 0 Å². The highest BCUT2D eigenvalue weighted by molar-refractivity contribution is 5.92. The van der Waals surface area contributed by atoms with Gasteiger partial charge in [0.1, 0.15) is 5.75 Å². The van der Waals surface area contributed by atoms with Crippen LogP contribution in [0, 0.1) is 0 Å². The standard InChI is InChI=1S/C13H17NO2/c1-3-4-10(2)13(16)14-9-11-5-7-12(15)8-6-11/h4-8,15H,3,9H2,1-2H3,(H,14,16)/b10-4-. The molecule has 0 heterocycles. The van der Waals surface area contributed by atoms with E-state index in [9.17, 15) is 4.79 Å². The van der Waals surface area contributed by atoms with E-state index >= 15 is 0 Å². The maximum atomic E-state index is 11.5. The molecule has 0 aliphatic heterocycles. The van der Waals surface area contributed by atoms with E-state index in [1.54, 1.807) is 31.2 Å². The van der Waals surface area contributed by atoms with E-state index in [4.69, 9.17) is 5.11 Å². The Hall–Kier alpha value is -1.77. The van der Waals surface area contributed by atoms with Gasteiger partial charge in [0, 0.05) is 12.1 Å². The Morgan fingerprint density at radius 3 is 2.56 bits per heavy atom. The van der Waals surface area contributed by atoms with E-state index in [0.717, 1.165) is 17.6 Å². The highest BCUT2D eigenvalue weighted by atomic mass is 16.3. The van der Waals surface area contributed by atoms with Crippen LogP contribution in [-0.2, 0) is 11.3 Å². The Bertz CT molecular complexity index is 379. The Morgan fingerprint density at radius 2 is 2.00 bits per heavy atom. The average molecular weight is 219 g/mol. The van der Waals surface area contributed by atoms with Gasteiger partial charge in [0.25, 0.3) is 0 Å². The summed E-state index contributed by atoms with van der Waals surface area (Å²) >= 11 is 0. The number of carbonyl (C=O) groups excluding carboxylic acids is 1. The molecule has 0 radical (unpaired) electrons. The summed E-state index contributed by atoms with van der Waals surface area (Å²) in [6.07, 6.45) is 2.75. The maximum absolute atomic E-state index is 11.5. The van der Waals surface area contributed by atoms with Crippen molar-refractivity contribution in [3.05, 3.63) is 41.5 Å². The number of rotatable bonds is 4. The Balaban J connectivity index is 2.49. The van der Waals surface area contributed by atoms with E-state index in [1.165, 1.54) is 0 Å². The number of benzene rings is 1. The lowest BCUT2D eigenvalue weighted by Gasteiger charge is -2.05. The lowest BCUT2D eigenvalue weighted by atomic mass is 10.2. The first kappa shape index (κ1) is 12.3. The number of hydrogen-bond acceptors (Lipinski definition) is 2. The van der Waals surface area contributed by atoms with Gasteiger partial charge in [-0.15, -0.1) is 0 Å². The van der Waals surface area contributed by atoms with Gasteiger partial charge in [-0.1, -0.05) is 25.1 Å². The summed E-state index contributed by atoms with van der Waals surface area (Å²) in [7, 11) is 0. The van der Waals surface area contributed by atoms with Crippen molar-refractivity contribution in [2.75, 3.05) is 0 Å². The molecule has 16 heavy (non-hydrogen) atoms. The third kappa shape index (κ3) is 3.77. The Morgan fingerprint density at radius 1 is 1.38 bits per heavy atom. The first-order valence-electron chi connectivity index (χ1n) is 5.36. The lowest BCUT2D eigenvalue weighted by Crippen LogP contribution is -2.23. The van der Waals surface area contributed by atoms with Crippen molar-refractivity contribution >= 4 is 5.91 Å². The zero-order chi connectivity index (χ0) is 12.0. The molecule has 0 unspecified atom stereocenters. The fourth-order valence-electron chi connectivity index (χ4n) is 1.33. The molecular formula is C13H17NO2. The van der Waals surface area contributed by atoms with Gasteiger partial charge in [-0.25, -0.2) is 0 Å².